The summed E-state index contributed by atoms with van der Waals surface area (Å²) in [4.78, 5) is 32.5. The number of nitrogens with one attached hydrogen (secondary N) is 1. The minimum absolute atomic E-state index is 0.0854. The van der Waals surface area contributed by atoms with Gasteiger partial charge in [0.1, 0.15) is 50.7 Å². The lowest BCUT2D eigenvalue weighted by molar-refractivity contribution is -1.03. The minimum atomic E-state index is -0.766. The topological polar surface area (TPSA) is 115 Å². The first-order valence-corrected chi connectivity index (χ1v) is 20.4. The summed E-state index contributed by atoms with van der Waals surface area (Å²) in [5, 5.41) is 3.70. The van der Waals surface area contributed by atoms with Crippen molar-refractivity contribution in [2.75, 3.05) is 52.9 Å². The van der Waals surface area contributed by atoms with E-state index in [1.54, 1.807) is 12.0 Å². The zero-order chi connectivity index (χ0) is 40.7. The number of hydrogen-bond donors (Lipinski definition) is 1. The lowest BCUT2D eigenvalue weighted by atomic mass is 9.82. The van der Waals surface area contributed by atoms with Crippen molar-refractivity contribution in [2.24, 2.45) is 17.0 Å². The lowest BCUT2D eigenvalue weighted by Gasteiger charge is -2.43. The van der Waals surface area contributed by atoms with Gasteiger partial charge in [-0.15, -0.1) is 0 Å². The molecule has 1 aliphatic heterocycles. The maximum Gasteiger partial charge on any atom is 0.310 e. The van der Waals surface area contributed by atoms with Gasteiger partial charge in [-0.05, 0) is 85.5 Å². The molecule has 1 fully saturated rings. The van der Waals surface area contributed by atoms with Gasteiger partial charge in [0, 0.05) is 23.4 Å². The quantitative estimate of drug-likeness (QED) is 0.0261. The summed E-state index contributed by atoms with van der Waals surface area (Å²) in [5.74, 6) is -1.66. The Labute approximate surface area is 339 Å². The van der Waals surface area contributed by atoms with Gasteiger partial charge in [-0.3, -0.25) is 9.59 Å². The summed E-state index contributed by atoms with van der Waals surface area (Å²) < 4.78 is 18.3. The van der Waals surface area contributed by atoms with Crippen LogP contribution in [0.2, 0.25) is 0 Å². The van der Waals surface area contributed by atoms with Crippen LogP contribution in [-0.4, -0.2) is 74.9 Å². The molecule has 10 heteroatoms. The van der Waals surface area contributed by atoms with E-state index in [1.165, 1.54) is 12.1 Å². The van der Waals surface area contributed by atoms with Gasteiger partial charge in [0.05, 0.1) is 32.0 Å². The third kappa shape index (κ3) is 13.2. The number of azide groups is 1. The van der Waals surface area contributed by atoms with Crippen molar-refractivity contribution in [3.8, 4) is 16.9 Å². The van der Waals surface area contributed by atoms with Gasteiger partial charge in [-0.1, -0.05) is 103 Å². The highest BCUT2D eigenvalue weighted by molar-refractivity contribution is 5.83. The third-order valence-corrected chi connectivity index (χ3v) is 11.0. The fourth-order valence-corrected chi connectivity index (χ4v) is 7.94. The second-order valence-electron chi connectivity index (χ2n) is 16.5. The summed E-state index contributed by atoms with van der Waals surface area (Å²) in [6.45, 7) is 16.4. The molecule has 57 heavy (non-hydrogen) atoms. The number of ether oxygens (including phenoxy) is 3. The second-order valence-corrected chi connectivity index (χ2v) is 16.5. The van der Waals surface area contributed by atoms with Gasteiger partial charge in [-0.2, -0.15) is 0 Å². The smallest absolute Gasteiger partial charge is 0.310 e. The van der Waals surface area contributed by atoms with Crippen molar-refractivity contribution >= 4 is 11.9 Å². The van der Waals surface area contributed by atoms with E-state index >= 15 is 0 Å². The SMILES string of the molecule is CCC[N+]1(Cc2ccc(-c3ccc(C[C@@H](C(=O)OC(C)(C)C)[C@@H](Cc4ccccc4)C(=O)OCc4ccc(OC)cc4)cc3)cc2)CC[NH+](CCCN=[N+]=[N-])CC1. The van der Waals surface area contributed by atoms with E-state index in [0.717, 1.165) is 90.2 Å². The third-order valence-electron chi connectivity index (χ3n) is 11.0. The summed E-state index contributed by atoms with van der Waals surface area (Å²) in [6, 6.07) is 34.4. The molecule has 0 unspecified atom stereocenters. The predicted octanol–water partition coefficient (Wildman–Crippen LogP) is 7.79. The van der Waals surface area contributed by atoms with Crippen molar-refractivity contribution in [1.29, 1.82) is 0 Å². The molecule has 302 valence electrons. The Morgan fingerprint density at radius 2 is 1.35 bits per heavy atom. The van der Waals surface area contributed by atoms with Crippen LogP contribution in [0.25, 0.3) is 21.6 Å². The average Bonchev–Trinajstić information content (AvgIpc) is 3.21. The van der Waals surface area contributed by atoms with E-state index in [9.17, 15) is 9.59 Å². The Balaban J connectivity index is 1.30. The van der Waals surface area contributed by atoms with Gasteiger partial charge in [0.15, 0.2) is 0 Å². The van der Waals surface area contributed by atoms with Crippen LogP contribution in [0.5, 0.6) is 5.75 Å². The molecule has 0 aromatic heterocycles. The van der Waals surface area contributed by atoms with Crippen LogP contribution in [0.4, 0.5) is 0 Å². The highest BCUT2D eigenvalue weighted by atomic mass is 16.6. The summed E-state index contributed by atoms with van der Waals surface area (Å²) in [7, 11) is 1.61. The van der Waals surface area contributed by atoms with E-state index < -0.39 is 29.4 Å². The fourth-order valence-electron chi connectivity index (χ4n) is 7.94. The normalized spacial score (nSPS) is 17.8. The highest BCUT2D eigenvalue weighted by Gasteiger charge is 2.38. The molecule has 2 atom stereocenters. The number of piperazine rings is 1. The van der Waals surface area contributed by atoms with Crippen molar-refractivity contribution in [1.82, 2.24) is 0 Å². The molecular formula is C47H61N5O5+2. The molecule has 0 amide bonds. The number of esters is 2. The van der Waals surface area contributed by atoms with E-state index in [0.29, 0.717) is 19.4 Å². The zero-order valence-corrected chi connectivity index (χ0v) is 34.5. The van der Waals surface area contributed by atoms with Gasteiger partial charge in [0.2, 0.25) is 0 Å². The minimum Gasteiger partial charge on any atom is -0.497 e. The Hall–Kier alpha value is -5.15. The molecule has 1 N–H and O–H groups in total. The molecule has 0 aliphatic carbocycles. The predicted molar refractivity (Wildman–Crippen MR) is 224 cm³/mol. The molecule has 1 aliphatic rings. The van der Waals surface area contributed by atoms with Crippen LogP contribution in [0.15, 0.2) is 108 Å². The first kappa shape index (κ1) is 43.0. The number of nitrogens with zero attached hydrogens (tertiary/aromatic N) is 4. The molecule has 10 nitrogen and oxygen atoms in total. The van der Waals surface area contributed by atoms with Crippen LogP contribution in [0.1, 0.15) is 62.8 Å². The van der Waals surface area contributed by atoms with Gasteiger partial charge in [-0.25, -0.2) is 0 Å². The maximum absolute atomic E-state index is 14.0. The van der Waals surface area contributed by atoms with Crippen LogP contribution >= 0.6 is 0 Å². The summed E-state index contributed by atoms with van der Waals surface area (Å²) >= 11 is 0. The van der Waals surface area contributed by atoms with Crippen molar-refractivity contribution in [3.05, 3.63) is 136 Å². The summed E-state index contributed by atoms with van der Waals surface area (Å²) in [6.07, 6.45) is 2.76. The molecule has 0 bridgehead atoms. The van der Waals surface area contributed by atoms with E-state index in [2.05, 4.69) is 65.5 Å². The standard InChI is InChI=1S/C47H60N5O5/c1-6-29-52(30-27-51(28-31-52)26-10-25-49-50-48)34-38-15-21-41(22-16-38)40-19-13-37(14-20-40)33-44(46(54)57-47(2,3)4)43(32-36-11-8-7-9-12-36)45(53)56-35-39-17-23-42(55-5)24-18-39/h7-9,11-24,43-44H,6,10,25-35H2,1-5H3/q+1/p+1/t43-,44-/m1/s1. The highest BCUT2D eigenvalue weighted by Crippen LogP contribution is 2.29. The number of hydrogen-bond acceptors (Lipinski definition) is 6. The molecular weight excluding hydrogens is 715 g/mol. The van der Waals surface area contributed by atoms with Crippen LogP contribution in [-0.2, 0) is 45.1 Å². The van der Waals surface area contributed by atoms with Crippen LogP contribution in [0, 0.1) is 11.8 Å². The lowest BCUT2D eigenvalue weighted by Crippen LogP contribution is -3.15. The van der Waals surface area contributed by atoms with Crippen LogP contribution in [0.3, 0.4) is 0 Å². The van der Waals surface area contributed by atoms with E-state index in [1.807, 2.05) is 75.4 Å². The number of carbonyl (C=O) groups is 2. The molecule has 4 aromatic rings. The molecule has 1 saturated heterocycles. The second kappa shape index (κ2) is 20.8. The number of carbonyl (C=O) groups excluding carboxylic acids is 2. The number of rotatable bonds is 19. The molecule has 0 spiro atoms. The summed E-state index contributed by atoms with van der Waals surface area (Å²) in [5.41, 5.74) is 14.1. The average molecular weight is 776 g/mol. The van der Waals surface area contributed by atoms with Crippen molar-refractivity contribution in [3.63, 3.8) is 0 Å². The monoisotopic (exact) mass is 775 g/mol. The van der Waals surface area contributed by atoms with Crippen LogP contribution < -0.4 is 9.64 Å². The molecule has 5 rings (SSSR count). The van der Waals surface area contributed by atoms with E-state index in [-0.39, 0.29) is 6.61 Å². The first-order valence-electron chi connectivity index (χ1n) is 20.4. The molecule has 0 saturated carbocycles. The maximum atomic E-state index is 14.0. The Morgan fingerprint density at radius 1 is 0.789 bits per heavy atom. The Morgan fingerprint density at radius 3 is 1.91 bits per heavy atom. The zero-order valence-electron chi connectivity index (χ0n) is 34.5. The van der Waals surface area contributed by atoms with Gasteiger partial charge < -0.3 is 23.6 Å². The fraction of sp³-hybridized carbons (Fsp3) is 0.447. The van der Waals surface area contributed by atoms with E-state index in [4.69, 9.17) is 19.7 Å². The Kier molecular flexibility index (Phi) is 15.7. The molecule has 1 heterocycles. The van der Waals surface area contributed by atoms with Gasteiger partial charge in [0.25, 0.3) is 0 Å². The largest absolute Gasteiger partial charge is 0.497 e. The van der Waals surface area contributed by atoms with Crippen molar-refractivity contribution in [2.45, 2.75) is 72.1 Å². The number of benzene rings is 4. The number of methoxy groups -OCH3 is 1. The number of quaternary nitrogens is 2. The Bertz CT molecular complexity index is 1900. The molecule has 4 aromatic carbocycles. The molecule has 0 radical (unpaired) electrons. The van der Waals surface area contributed by atoms with Gasteiger partial charge >= 0.3 is 11.9 Å². The van der Waals surface area contributed by atoms with Crippen molar-refractivity contribution < 1.29 is 33.2 Å². The first-order chi connectivity index (χ1) is 27.5.